The zero-order valence-corrected chi connectivity index (χ0v) is 17.0. The summed E-state index contributed by atoms with van der Waals surface area (Å²) in [5.41, 5.74) is 5.39. The molecule has 2 aromatic heterocycles. The normalized spacial score (nSPS) is 16.1. The molecule has 0 unspecified atom stereocenters. The molecule has 8 nitrogen and oxygen atoms in total. The molecule has 30 heavy (non-hydrogen) atoms. The third kappa shape index (κ3) is 3.81. The van der Waals surface area contributed by atoms with E-state index < -0.39 is 0 Å². The van der Waals surface area contributed by atoms with Crippen LogP contribution in [0.25, 0.3) is 0 Å². The Hall–Kier alpha value is -3.17. The highest BCUT2D eigenvalue weighted by Gasteiger charge is 2.23. The van der Waals surface area contributed by atoms with Gasteiger partial charge in [0.15, 0.2) is 5.82 Å². The molecule has 2 aliphatic heterocycles. The Morgan fingerprint density at radius 3 is 2.70 bits per heavy atom. The van der Waals surface area contributed by atoms with Crippen molar-refractivity contribution in [2.45, 2.75) is 29.2 Å². The molecule has 0 atom stereocenters. The SMILES string of the molecule is O=C(NN1CCCCC1)c1ncc2c(n1)N=C(c1ccccc1)c1cncnc1S2. The smallest absolute Gasteiger partial charge is 0.282 e. The topological polar surface area (TPSA) is 96.3 Å². The maximum absolute atomic E-state index is 12.7. The predicted molar refractivity (Wildman–Crippen MR) is 113 cm³/mol. The number of amides is 1. The lowest BCUT2D eigenvalue weighted by molar-refractivity contribution is 0.0739. The van der Waals surface area contributed by atoms with Crippen molar-refractivity contribution in [2.75, 3.05) is 13.1 Å². The second-order valence-corrected chi connectivity index (χ2v) is 8.07. The first kappa shape index (κ1) is 18.8. The summed E-state index contributed by atoms with van der Waals surface area (Å²) in [7, 11) is 0. The number of aromatic nitrogens is 4. The number of hydrogen-bond donors (Lipinski definition) is 1. The van der Waals surface area contributed by atoms with Gasteiger partial charge in [-0.1, -0.05) is 48.5 Å². The van der Waals surface area contributed by atoms with Gasteiger partial charge in [-0.25, -0.2) is 29.9 Å². The summed E-state index contributed by atoms with van der Waals surface area (Å²) in [5, 5.41) is 2.71. The van der Waals surface area contributed by atoms with Gasteiger partial charge in [-0.3, -0.25) is 10.2 Å². The number of fused-ring (bicyclic) bond motifs is 2. The first-order valence-electron chi connectivity index (χ1n) is 9.83. The van der Waals surface area contributed by atoms with E-state index in [0.29, 0.717) is 5.82 Å². The molecule has 1 amide bonds. The summed E-state index contributed by atoms with van der Waals surface area (Å²) in [6.07, 6.45) is 8.25. The molecule has 4 heterocycles. The average molecular weight is 417 g/mol. The molecule has 0 radical (unpaired) electrons. The third-order valence-corrected chi connectivity index (χ3v) is 5.98. The quantitative estimate of drug-likeness (QED) is 0.512. The van der Waals surface area contributed by atoms with E-state index in [4.69, 9.17) is 4.99 Å². The standard InChI is InChI=1S/C21H19N7OS/c29-20(27-28-9-5-2-6-10-28)19-23-12-16-18(26-19)25-17(14-7-3-1-4-8-14)15-11-22-13-24-21(15)30-16/h1,3-4,7-8,11-13H,2,5-6,9-10H2,(H,27,29). The minimum atomic E-state index is -0.317. The Morgan fingerprint density at radius 1 is 1.03 bits per heavy atom. The first-order valence-corrected chi connectivity index (χ1v) is 10.6. The van der Waals surface area contributed by atoms with Crippen molar-refractivity contribution >= 4 is 29.2 Å². The fourth-order valence-corrected chi connectivity index (χ4v) is 4.33. The zero-order chi connectivity index (χ0) is 20.3. The molecular formula is C21H19N7OS. The summed E-state index contributed by atoms with van der Waals surface area (Å²) >= 11 is 1.43. The number of benzene rings is 1. The van der Waals surface area contributed by atoms with Crippen LogP contribution in [0.1, 0.15) is 41.0 Å². The van der Waals surface area contributed by atoms with Crippen LogP contribution in [0.3, 0.4) is 0 Å². The molecular weight excluding hydrogens is 398 g/mol. The van der Waals surface area contributed by atoms with Gasteiger partial charge in [0.05, 0.1) is 16.2 Å². The number of rotatable bonds is 3. The molecule has 0 saturated carbocycles. The number of nitrogens with one attached hydrogen (secondary N) is 1. The fourth-order valence-electron chi connectivity index (χ4n) is 3.47. The van der Waals surface area contributed by atoms with E-state index in [-0.39, 0.29) is 11.7 Å². The Kier molecular flexibility index (Phi) is 5.20. The van der Waals surface area contributed by atoms with Crippen LogP contribution < -0.4 is 5.43 Å². The van der Waals surface area contributed by atoms with Gasteiger partial charge in [0, 0.05) is 31.0 Å². The summed E-state index contributed by atoms with van der Waals surface area (Å²) < 4.78 is 0. The Labute approximate surface area is 177 Å². The highest BCUT2D eigenvalue weighted by atomic mass is 32.2. The van der Waals surface area contributed by atoms with Crippen LogP contribution >= 0.6 is 11.8 Å². The van der Waals surface area contributed by atoms with Crippen molar-refractivity contribution in [3.05, 3.63) is 66.0 Å². The second-order valence-electron chi connectivity index (χ2n) is 7.04. The van der Waals surface area contributed by atoms with Crippen molar-refractivity contribution < 1.29 is 4.79 Å². The number of hydrogen-bond acceptors (Lipinski definition) is 8. The number of hydrazine groups is 1. The number of aliphatic imine (C=N–C) groups is 1. The molecule has 0 spiro atoms. The minimum absolute atomic E-state index is 0.105. The van der Waals surface area contributed by atoms with E-state index in [2.05, 4.69) is 25.4 Å². The van der Waals surface area contributed by atoms with Gasteiger partial charge in [0.25, 0.3) is 0 Å². The van der Waals surface area contributed by atoms with E-state index in [0.717, 1.165) is 52.7 Å². The van der Waals surface area contributed by atoms with E-state index >= 15 is 0 Å². The minimum Gasteiger partial charge on any atom is -0.282 e. The summed E-state index contributed by atoms with van der Waals surface area (Å²) in [4.78, 5) is 35.6. The van der Waals surface area contributed by atoms with Crippen LogP contribution in [0.15, 0.2) is 64.0 Å². The van der Waals surface area contributed by atoms with Gasteiger partial charge in [0.2, 0.25) is 5.82 Å². The van der Waals surface area contributed by atoms with Gasteiger partial charge >= 0.3 is 5.91 Å². The van der Waals surface area contributed by atoms with Crippen LogP contribution in [0, 0.1) is 0 Å². The van der Waals surface area contributed by atoms with E-state index in [1.165, 1.54) is 24.5 Å². The Morgan fingerprint density at radius 2 is 1.87 bits per heavy atom. The van der Waals surface area contributed by atoms with Gasteiger partial charge in [-0.2, -0.15) is 0 Å². The van der Waals surface area contributed by atoms with E-state index in [1.807, 2.05) is 35.3 Å². The third-order valence-electron chi connectivity index (χ3n) is 4.96. The maximum atomic E-state index is 12.7. The second kappa shape index (κ2) is 8.29. The highest BCUT2D eigenvalue weighted by Crippen LogP contribution is 2.38. The van der Waals surface area contributed by atoms with Crippen LogP contribution in [0.2, 0.25) is 0 Å². The van der Waals surface area contributed by atoms with Gasteiger partial charge in [-0.15, -0.1) is 0 Å². The van der Waals surface area contributed by atoms with Gasteiger partial charge in [-0.05, 0) is 12.8 Å². The molecule has 1 fully saturated rings. The molecule has 1 aromatic carbocycles. The average Bonchev–Trinajstić information content (AvgIpc) is 2.96. The van der Waals surface area contributed by atoms with Crippen molar-refractivity contribution in [2.24, 2.45) is 4.99 Å². The molecule has 0 aliphatic carbocycles. The molecule has 9 heteroatoms. The summed E-state index contributed by atoms with van der Waals surface area (Å²) in [6.45, 7) is 1.69. The largest absolute Gasteiger partial charge is 0.303 e. The Balaban J connectivity index is 1.53. The monoisotopic (exact) mass is 417 g/mol. The lowest BCUT2D eigenvalue weighted by Crippen LogP contribution is -2.45. The maximum Gasteiger partial charge on any atom is 0.303 e. The zero-order valence-electron chi connectivity index (χ0n) is 16.2. The molecule has 1 saturated heterocycles. The lowest BCUT2D eigenvalue weighted by Gasteiger charge is -2.26. The van der Waals surface area contributed by atoms with Crippen molar-refractivity contribution in [3.8, 4) is 0 Å². The van der Waals surface area contributed by atoms with Gasteiger partial charge < -0.3 is 0 Å². The molecule has 3 aromatic rings. The van der Waals surface area contributed by atoms with Crippen LogP contribution in [-0.2, 0) is 0 Å². The van der Waals surface area contributed by atoms with Crippen molar-refractivity contribution in [1.29, 1.82) is 0 Å². The molecule has 150 valence electrons. The lowest BCUT2D eigenvalue weighted by atomic mass is 10.1. The van der Waals surface area contributed by atoms with Gasteiger partial charge in [0.1, 0.15) is 11.4 Å². The molecule has 2 aliphatic rings. The summed E-state index contributed by atoms with van der Waals surface area (Å²) in [5.74, 6) is 0.242. The molecule has 1 N–H and O–H groups in total. The number of carbonyl (C=O) groups excluding carboxylic acids is 1. The number of carbonyl (C=O) groups is 1. The fraction of sp³-hybridized carbons (Fsp3) is 0.238. The molecule has 0 bridgehead atoms. The predicted octanol–water partition coefficient (Wildman–Crippen LogP) is 3.03. The van der Waals surface area contributed by atoms with Crippen LogP contribution in [0.5, 0.6) is 0 Å². The van der Waals surface area contributed by atoms with Crippen LogP contribution in [0.4, 0.5) is 5.82 Å². The van der Waals surface area contributed by atoms with Crippen molar-refractivity contribution in [1.82, 2.24) is 30.4 Å². The van der Waals surface area contributed by atoms with E-state index in [9.17, 15) is 4.79 Å². The number of piperidine rings is 1. The van der Waals surface area contributed by atoms with E-state index in [1.54, 1.807) is 12.4 Å². The molecule has 5 rings (SSSR count). The highest BCUT2D eigenvalue weighted by molar-refractivity contribution is 7.99. The first-order chi connectivity index (χ1) is 14.8. The summed E-state index contributed by atoms with van der Waals surface area (Å²) in [6, 6.07) is 9.83. The Bertz CT molecular complexity index is 1110. The van der Waals surface area contributed by atoms with Crippen LogP contribution in [-0.4, -0.2) is 49.7 Å². The number of nitrogens with zero attached hydrogens (tertiary/aromatic N) is 6. The van der Waals surface area contributed by atoms with Crippen molar-refractivity contribution in [3.63, 3.8) is 0 Å².